The summed E-state index contributed by atoms with van der Waals surface area (Å²) in [4.78, 5) is 0. The second-order valence-corrected chi connectivity index (χ2v) is 7.46. The molecule has 2 aliphatic carbocycles. The molecule has 0 N–H and O–H groups in total. The molecule has 0 aromatic carbocycles. The van der Waals surface area contributed by atoms with Gasteiger partial charge in [-0.25, -0.2) is 0 Å². The molecule has 0 saturated heterocycles. The summed E-state index contributed by atoms with van der Waals surface area (Å²) in [7, 11) is 0. The lowest BCUT2D eigenvalue weighted by atomic mass is 9.80. The van der Waals surface area contributed by atoms with Crippen LogP contribution in [0.1, 0.15) is 97.3 Å². The molecule has 0 heterocycles. The highest BCUT2D eigenvalue weighted by atomic mass is 14.6. The monoisotopic (exact) mass is 250 g/mol. The van der Waals surface area contributed by atoms with Gasteiger partial charge in [0.2, 0.25) is 0 Å². The van der Waals surface area contributed by atoms with Crippen LogP contribution in [0.2, 0.25) is 0 Å². The first-order chi connectivity index (χ1) is 8.74. The first-order valence-electron chi connectivity index (χ1n) is 8.74. The van der Waals surface area contributed by atoms with Gasteiger partial charge in [0.1, 0.15) is 0 Å². The average molecular weight is 250 g/mol. The zero-order valence-corrected chi connectivity index (χ0v) is 12.8. The van der Waals surface area contributed by atoms with Crippen LogP contribution >= 0.6 is 0 Å². The molecular weight excluding hydrogens is 216 g/mol. The van der Waals surface area contributed by atoms with Crippen molar-refractivity contribution in [3.05, 3.63) is 0 Å². The van der Waals surface area contributed by atoms with Crippen molar-refractivity contribution in [2.45, 2.75) is 97.3 Å². The van der Waals surface area contributed by atoms with Gasteiger partial charge in [0.15, 0.2) is 0 Å². The highest BCUT2D eigenvalue weighted by Crippen LogP contribution is 2.62. The van der Waals surface area contributed by atoms with Crippen molar-refractivity contribution in [3.63, 3.8) is 0 Å². The van der Waals surface area contributed by atoms with Gasteiger partial charge in [-0.1, -0.05) is 71.6 Å². The third-order valence-electron chi connectivity index (χ3n) is 5.75. The molecule has 0 aromatic rings. The number of hydrogen-bond acceptors (Lipinski definition) is 0. The van der Waals surface area contributed by atoms with E-state index < -0.39 is 0 Å². The van der Waals surface area contributed by atoms with E-state index in [4.69, 9.17) is 0 Å². The predicted octanol–water partition coefficient (Wildman–Crippen LogP) is 6.34. The molecule has 0 radical (unpaired) electrons. The van der Waals surface area contributed by atoms with Crippen LogP contribution in [0, 0.1) is 17.3 Å². The van der Waals surface area contributed by atoms with Gasteiger partial charge in [0.25, 0.3) is 0 Å². The highest BCUT2D eigenvalue weighted by Gasteiger charge is 2.52. The molecule has 0 spiro atoms. The van der Waals surface area contributed by atoms with Crippen LogP contribution < -0.4 is 0 Å². The maximum atomic E-state index is 2.52. The van der Waals surface area contributed by atoms with E-state index in [1.54, 1.807) is 32.1 Å². The molecule has 0 nitrogen and oxygen atoms in total. The van der Waals surface area contributed by atoms with Crippen molar-refractivity contribution in [3.8, 4) is 0 Å². The summed E-state index contributed by atoms with van der Waals surface area (Å²) in [6, 6.07) is 0. The van der Waals surface area contributed by atoms with E-state index in [0.717, 1.165) is 17.3 Å². The van der Waals surface area contributed by atoms with Gasteiger partial charge in [0, 0.05) is 0 Å². The Hall–Kier alpha value is 0. The smallest absolute Gasteiger partial charge is 0.0294 e. The lowest BCUT2D eigenvalue weighted by Crippen LogP contribution is -2.13. The fourth-order valence-electron chi connectivity index (χ4n) is 4.06. The van der Waals surface area contributed by atoms with Crippen LogP contribution in [0.4, 0.5) is 0 Å². The van der Waals surface area contributed by atoms with Crippen molar-refractivity contribution in [2.24, 2.45) is 17.3 Å². The standard InChI is InChI=1S/C18H34/c1-3-4-5-6-7-8-9-10-11-16-12-13-18(2)15-17(18)14-16/h16-17H,3-15H2,1-2H3. The Morgan fingerprint density at radius 2 is 1.61 bits per heavy atom. The zero-order valence-electron chi connectivity index (χ0n) is 12.8. The Labute approximate surface area is 115 Å². The van der Waals surface area contributed by atoms with Crippen LogP contribution in [0.5, 0.6) is 0 Å². The van der Waals surface area contributed by atoms with E-state index in [1.165, 1.54) is 51.4 Å². The largest absolute Gasteiger partial charge is 0.0654 e. The number of unbranched alkanes of at least 4 members (excludes halogenated alkanes) is 7. The fourth-order valence-corrected chi connectivity index (χ4v) is 4.06. The molecule has 2 fully saturated rings. The van der Waals surface area contributed by atoms with Gasteiger partial charge in [-0.2, -0.15) is 0 Å². The molecule has 2 rings (SSSR count). The molecule has 2 aliphatic rings. The van der Waals surface area contributed by atoms with Gasteiger partial charge < -0.3 is 0 Å². The lowest BCUT2D eigenvalue weighted by molar-refractivity contribution is 0.261. The van der Waals surface area contributed by atoms with Gasteiger partial charge in [-0.3, -0.25) is 0 Å². The van der Waals surface area contributed by atoms with Gasteiger partial charge in [-0.15, -0.1) is 0 Å². The molecule has 0 aromatic heterocycles. The summed E-state index contributed by atoms with van der Waals surface area (Å²) >= 11 is 0. The van der Waals surface area contributed by atoms with E-state index in [1.807, 2.05) is 0 Å². The maximum absolute atomic E-state index is 2.52. The average Bonchev–Trinajstić information content (AvgIpc) is 3.03. The van der Waals surface area contributed by atoms with Crippen molar-refractivity contribution >= 4 is 0 Å². The minimum atomic E-state index is 0.815. The lowest BCUT2D eigenvalue weighted by Gasteiger charge is -2.25. The first kappa shape index (κ1) is 14.4. The minimum Gasteiger partial charge on any atom is -0.0654 e. The summed E-state index contributed by atoms with van der Waals surface area (Å²) in [6.45, 7) is 4.82. The molecule has 106 valence electrons. The van der Waals surface area contributed by atoms with Crippen molar-refractivity contribution in [1.82, 2.24) is 0 Å². The molecule has 3 unspecified atom stereocenters. The summed E-state index contributed by atoms with van der Waals surface area (Å²) < 4.78 is 0. The molecule has 2 saturated carbocycles. The van der Waals surface area contributed by atoms with Crippen molar-refractivity contribution in [2.75, 3.05) is 0 Å². The Balaban J connectivity index is 1.40. The molecule has 0 heteroatoms. The Bertz CT molecular complexity index is 232. The van der Waals surface area contributed by atoms with Crippen molar-refractivity contribution < 1.29 is 0 Å². The minimum absolute atomic E-state index is 0.815. The summed E-state index contributed by atoms with van der Waals surface area (Å²) in [5, 5.41) is 0. The highest BCUT2D eigenvalue weighted by molar-refractivity contribution is 5.02. The van der Waals surface area contributed by atoms with E-state index in [0.29, 0.717) is 0 Å². The number of rotatable bonds is 9. The molecular formula is C18H34. The number of hydrogen-bond donors (Lipinski definition) is 0. The fraction of sp³-hybridized carbons (Fsp3) is 1.00. The Kier molecular flexibility index (Phi) is 5.57. The summed E-state index contributed by atoms with van der Waals surface area (Å²) in [5.41, 5.74) is 0.815. The van der Waals surface area contributed by atoms with Crippen LogP contribution in [-0.4, -0.2) is 0 Å². The predicted molar refractivity (Wildman–Crippen MR) is 80.8 cm³/mol. The van der Waals surface area contributed by atoms with Gasteiger partial charge in [0.05, 0.1) is 0 Å². The summed E-state index contributed by atoms with van der Waals surface area (Å²) in [6.07, 6.45) is 19.6. The van der Waals surface area contributed by atoms with Crippen LogP contribution in [0.15, 0.2) is 0 Å². The molecule has 0 bridgehead atoms. The quantitative estimate of drug-likeness (QED) is 0.419. The second kappa shape index (κ2) is 6.96. The van der Waals surface area contributed by atoms with Gasteiger partial charge >= 0.3 is 0 Å². The Morgan fingerprint density at radius 1 is 0.944 bits per heavy atom. The SMILES string of the molecule is CCCCCCCCCCC1CCC2(C)CC2C1. The topological polar surface area (TPSA) is 0 Å². The van der Waals surface area contributed by atoms with Crippen LogP contribution in [-0.2, 0) is 0 Å². The molecule has 18 heavy (non-hydrogen) atoms. The number of fused-ring (bicyclic) bond motifs is 1. The first-order valence-corrected chi connectivity index (χ1v) is 8.74. The maximum Gasteiger partial charge on any atom is -0.0294 e. The zero-order chi connectivity index (χ0) is 12.8. The summed E-state index contributed by atoms with van der Waals surface area (Å²) in [5.74, 6) is 2.23. The van der Waals surface area contributed by atoms with E-state index >= 15 is 0 Å². The molecule has 3 atom stereocenters. The van der Waals surface area contributed by atoms with E-state index in [-0.39, 0.29) is 0 Å². The Morgan fingerprint density at radius 3 is 2.28 bits per heavy atom. The molecule has 0 aliphatic heterocycles. The second-order valence-electron chi connectivity index (χ2n) is 7.46. The van der Waals surface area contributed by atoms with Crippen LogP contribution in [0.3, 0.4) is 0 Å². The van der Waals surface area contributed by atoms with E-state index in [2.05, 4.69) is 13.8 Å². The van der Waals surface area contributed by atoms with Crippen molar-refractivity contribution in [1.29, 1.82) is 0 Å². The molecule has 0 amide bonds. The van der Waals surface area contributed by atoms with Crippen LogP contribution in [0.25, 0.3) is 0 Å². The normalized spacial score (nSPS) is 34.3. The van der Waals surface area contributed by atoms with E-state index in [9.17, 15) is 0 Å². The third kappa shape index (κ3) is 4.28. The third-order valence-corrected chi connectivity index (χ3v) is 5.75. The van der Waals surface area contributed by atoms with Gasteiger partial charge in [-0.05, 0) is 42.9 Å².